The van der Waals surface area contributed by atoms with Crippen LogP contribution in [0.2, 0.25) is 0 Å². The second-order valence-electron chi connectivity index (χ2n) is 7.38. The van der Waals surface area contributed by atoms with E-state index < -0.39 is 43.0 Å². The maximum Gasteiger partial charge on any atom is 0.408 e. The monoisotopic (exact) mass is 485 g/mol. The summed E-state index contributed by atoms with van der Waals surface area (Å²) in [5.74, 6) is -1.34. The summed E-state index contributed by atoms with van der Waals surface area (Å²) in [5, 5.41) is 11.6. The van der Waals surface area contributed by atoms with Gasteiger partial charge in [-0.1, -0.05) is 61.5 Å². The minimum Gasteiger partial charge on any atom is -0.480 e. The third-order valence-electron chi connectivity index (χ3n) is 4.80. The van der Waals surface area contributed by atoms with Gasteiger partial charge in [-0.2, -0.15) is 8.78 Å². The molecule has 2 aromatic rings. The summed E-state index contributed by atoms with van der Waals surface area (Å²) in [7, 11) is -5.30. The van der Waals surface area contributed by atoms with E-state index in [0.717, 1.165) is 17.7 Å². The van der Waals surface area contributed by atoms with Gasteiger partial charge in [0, 0.05) is 12.0 Å². The number of halogens is 2. The normalized spacial score (nSPS) is 15.2. The summed E-state index contributed by atoms with van der Waals surface area (Å²) in [6, 6.07) is 11.6. The molecule has 3 atom stereocenters. The van der Waals surface area contributed by atoms with Crippen molar-refractivity contribution in [2.75, 3.05) is 0 Å². The summed E-state index contributed by atoms with van der Waals surface area (Å²) in [4.78, 5) is 33.2. The number of carboxylic acid groups (broad SMARTS) is 1. The third kappa shape index (κ3) is 7.35. The predicted molar refractivity (Wildman–Crippen MR) is 116 cm³/mol. The molecule has 0 aromatic heterocycles. The molecule has 0 fully saturated rings. The smallest absolute Gasteiger partial charge is 0.408 e. The van der Waals surface area contributed by atoms with Crippen LogP contribution in [0.4, 0.5) is 13.6 Å². The van der Waals surface area contributed by atoms with Gasteiger partial charge in [0.1, 0.15) is 12.6 Å². The van der Waals surface area contributed by atoms with Gasteiger partial charge in [-0.15, -0.1) is 0 Å². The van der Waals surface area contributed by atoms with Gasteiger partial charge in [-0.05, 0) is 24.5 Å². The zero-order valence-corrected chi connectivity index (χ0v) is 19.0. The van der Waals surface area contributed by atoms with Crippen LogP contribution in [0, 0.1) is 0 Å². The van der Waals surface area contributed by atoms with Crippen LogP contribution in [0.25, 0.3) is 0 Å². The fourth-order valence-corrected chi connectivity index (χ4v) is 3.98. The molecule has 8 nitrogen and oxygen atoms in total. The maximum atomic E-state index is 14.5. The number of benzene rings is 2. The number of carboxylic acids is 1. The summed E-state index contributed by atoms with van der Waals surface area (Å²) in [6.07, 6.45) is -1.73. The molecule has 33 heavy (non-hydrogen) atoms. The van der Waals surface area contributed by atoms with E-state index in [2.05, 4.69) is 9.84 Å². The highest BCUT2D eigenvalue weighted by atomic mass is 31.2. The highest BCUT2D eigenvalue weighted by Crippen LogP contribution is 2.63. The number of alkyl carbamates (subject to hydrolysis) is 1. The molecule has 1 amide bonds. The van der Waals surface area contributed by atoms with Crippen LogP contribution in [-0.2, 0) is 37.3 Å². The number of amides is 1. The summed E-state index contributed by atoms with van der Waals surface area (Å²) in [5.41, 5.74) is -3.88. The quantitative estimate of drug-likeness (QED) is 0.396. The minimum atomic E-state index is -5.30. The van der Waals surface area contributed by atoms with E-state index in [-0.39, 0.29) is 19.4 Å². The van der Waals surface area contributed by atoms with Crippen LogP contribution in [0.5, 0.6) is 0 Å². The van der Waals surface area contributed by atoms with E-state index in [9.17, 15) is 32.9 Å². The van der Waals surface area contributed by atoms with E-state index >= 15 is 0 Å². The van der Waals surface area contributed by atoms with Crippen molar-refractivity contribution in [3.05, 3.63) is 71.3 Å². The summed E-state index contributed by atoms with van der Waals surface area (Å²) < 4.78 is 50.8. The van der Waals surface area contributed by atoms with Gasteiger partial charge >= 0.3 is 25.3 Å². The van der Waals surface area contributed by atoms with E-state index in [4.69, 9.17) is 4.74 Å². The third-order valence-corrected chi connectivity index (χ3v) is 6.41. The second-order valence-corrected chi connectivity index (χ2v) is 9.20. The average Bonchev–Trinajstić information content (AvgIpc) is 2.77. The lowest BCUT2D eigenvalue weighted by Gasteiger charge is -2.25. The predicted octanol–water partition coefficient (Wildman–Crippen LogP) is 4.66. The molecule has 0 aliphatic rings. The van der Waals surface area contributed by atoms with Gasteiger partial charge < -0.3 is 24.6 Å². The average molecular weight is 485 g/mol. The maximum absolute atomic E-state index is 14.5. The Hall–Kier alpha value is -2.81. The first-order valence-electron chi connectivity index (χ1n) is 10.1. The molecule has 3 N–H and O–H groups in total. The molecule has 0 saturated carbocycles. The van der Waals surface area contributed by atoms with Crippen LogP contribution in [0.15, 0.2) is 54.6 Å². The molecular weight excluding hydrogens is 459 g/mol. The molecule has 0 bridgehead atoms. The molecule has 2 aromatic carbocycles. The molecule has 0 radical (unpaired) electrons. The second kappa shape index (κ2) is 11.4. The fraction of sp³-hybridized carbons (Fsp3) is 0.364. The molecular formula is C22H26F2NO7P. The Kier molecular flexibility index (Phi) is 9.10. The molecule has 180 valence electrons. The molecule has 0 heterocycles. The highest BCUT2D eigenvalue weighted by Gasteiger charge is 2.53. The number of hydrogen-bond acceptors (Lipinski definition) is 5. The zero-order chi connectivity index (χ0) is 24.6. The molecule has 3 unspecified atom stereocenters. The number of aliphatic carboxylic acids is 1. The largest absolute Gasteiger partial charge is 0.480 e. The summed E-state index contributed by atoms with van der Waals surface area (Å²) in [6.45, 7) is 2.98. The van der Waals surface area contributed by atoms with Gasteiger partial charge in [-0.3, -0.25) is 4.57 Å². The van der Waals surface area contributed by atoms with Crippen LogP contribution in [0.1, 0.15) is 37.0 Å². The standard InChI is InChI=1S/C22H26F2NO7P/c1-3-15(2)32-33(29,30)22(23,24)18-11-9-16(10-12-18)13-19(20(26)27)25-21(28)31-14-17-7-5-4-6-8-17/h4-12,15,19H,3,13-14H2,1-2H3,(H,25,28)(H,26,27)(H,29,30). The first-order chi connectivity index (χ1) is 15.5. The molecule has 0 aliphatic carbocycles. The highest BCUT2D eigenvalue weighted by molar-refractivity contribution is 7.53. The Morgan fingerprint density at radius 2 is 1.70 bits per heavy atom. The number of ether oxygens (including phenoxy) is 1. The first-order valence-corrected chi connectivity index (χ1v) is 11.7. The van der Waals surface area contributed by atoms with Crippen LogP contribution < -0.4 is 5.32 Å². The van der Waals surface area contributed by atoms with Gasteiger partial charge in [0.05, 0.1) is 6.10 Å². The lowest BCUT2D eigenvalue weighted by atomic mass is 10.0. The van der Waals surface area contributed by atoms with Crippen molar-refractivity contribution in [3.8, 4) is 0 Å². The lowest BCUT2D eigenvalue weighted by molar-refractivity contribution is -0.139. The van der Waals surface area contributed by atoms with Crippen molar-refractivity contribution in [2.45, 2.75) is 51.1 Å². The first kappa shape index (κ1) is 26.4. The molecule has 0 spiro atoms. The Labute approximate surface area is 190 Å². The Balaban J connectivity index is 2.03. The molecule has 11 heteroatoms. The number of hydrogen-bond donors (Lipinski definition) is 3. The van der Waals surface area contributed by atoms with Gasteiger partial charge in [0.15, 0.2) is 0 Å². The zero-order valence-electron chi connectivity index (χ0n) is 18.1. The number of alkyl halides is 2. The van der Waals surface area contributed by atoms with E-state index in [0.29, 0.717) is 5.56 Å². The van der Waals surface area contributed by atoms with Gasteiger partial charge in [0.2, 0.25) is 0 Å². The molecule has 2 rings (SSSR count). The van der Waals surface area contributed by atoms with Gasteiger partial charge in [-0.25, -0.2) is 9.59 Å². The van der Waals surface area contributed by atoms with E-state index in [1.165, 1.54) is 19.1 Å². The van der Waals surface area contributed by atoms with Crippen molar-refractivity contribution >= 4 is 19.7 Å². The molecule has 0 saturated heterocycles. The van der Waals surface area contributed by atoms with Crippen molar-refractivity contribution < 1.29 is 42.2 Å². The van der Waals surface area contributed by atoms with Crippen LogP contribution in [0.3, 0.4) is 0 Å². The van der Waals surface area contributed by atoms with Crippen molar-refractivity contribution in [1.29, 1.82) is 0 Å². The Morgan fingerprint density at radius 3 is 2.24 bits per heavy atom. The van der Waals surface area contributed by atoms with E-state index in [1.807, 2.05) is 0 Å². The van der Waals surface area contributed by atoms with Crippen LogP contribution in [-0.4, -0.2) is 34.2 Å². The van der Waals surface area contributed by atoms with Crippen molar-refractivity contribution in [2.24, 2.45) is 0 Å². The SMILES string of the molecule is CCC(C)OP(=O)(O)C(F)(F)c1ccc(CC(NC(=O)OCc2ccccc2)C(=O)O)cc1. The fourth-order valence-electron chi connectivity index (χ4n) is 2.73. The Morgan fingerprint density at radius 1 is 1.09 bits per heavy atom. The van der Waals surface area contributed by atoms with Gasteiger partial charge in [0.25, 0.3) is 0 Å². The summed E-state index contributed by atoms with van der Waals surface area (Å²) >= 11 is 0. The van der Waals surface area contributed by atoms with Crippen molar-refractivity contribution in [3.63, 3.8) is 0 Å². The molecule has 0 aliphatic heterocycles. The lowest BCUT2D eigenvalue weighted by Crippen LogP contribution is -2.42. The topological polar surface area (TPSA) is 122 Å². The minimum absolute atomic E-state index is 0.0528. The van der Waals surface area contributed by atoms with E-state index in [1.54, 1.807) is 37.3 Å². The number of rotatable bonds is 11. The number of carbonyl (C=O) groups excluding carboxylic acids is 1. The van der Waals surface area contributed by atoms with Crippen molar-refractivity contribution in [1.82, 2.24) is 5.32 Å². The van der Waals surface area contributed by atoms with Crippen LogP contribution >= 0.6 is 7.60 Å². The number of carbonyl (C=O) groups is 2. The number of nitrogens with one attached hydrogen (secondary N) is 1. The Bertz CT molecular complexity index is 986.